The lowest BCUT2D eigenvalue weighted by atomic mass is 9.91. The third-order valence-corrected chi connectivity index (χ3v) is 9.87. The highest BCUT2D eigenvalue weighted by Gasteiger charge is 2.19. The first-order valence-electron chi connectivity index (χ1n) is 20.0. The summed E-state index contributed by atoms with van der Waals surface area (Å²) in [5, 5.41) is 19.3. The number of carboxylic acids is 2. The Morgan fingerprint density at radius 3 is 0.659 bits per heavy atom. The fraction of sp³-hybridized carbons (Fsp3) is 0.950. The van der Waals surface area contributed by atoms with Crippen LogP contribution < -0.4 is 0 Å². The van der Waals surface area contributed by atoms with Gasteiger partial charge >= 0.3 is 11.9 Å². The second-order valence-corrected chi connectivity index (χ2v) is 14.1. The fourth-order valence-corrected chi connectivity index (χ4v) is 6.73. The van der Waals surface area contributed by atoms with Gasteiger partial charge < -0.3 is 10.2 Å². The Bertz CT molecular complexity index is 552. The molecule has 0 aromatic carbocycles. The van der Waals surface area contributed by atoms with E-state index in [0.717, 1.165) is 51.4 Å². The third kappa shape index (κ3) is 30.9. The first-order chi connectivity index (χ1) is 21.5. The van der Waals surface area contributed by atoms with Crippen molar-refractivity contribution in [1.29, 1.82) is 0 Å². The second-order valence-electron chi connectivity index (χ2n) is 14.1. The largest absolute Gasteiger partial charge is 0.481 e. The molecule has 0 spiro atoms. The zero-order chi connectivity index (χ0) is 32.4. The van der Waals surface area contributed by atoms with Crippen molar-refractivity contribution in [3.63, 3.8) is 0 Å². The molecule has 0 rings (SSSR count). The molecule has 4 nitrogen and oxygen atoms in total. The zero-order valence-corrected chi connectivity index (χ0v) is 29.9. The first-order valence-corrected chi connectivity index (χ1v) is 20.0. The second kappa shape index (κ2) is 34.8. The standard InChI is InChI=1S/C40H78O4/c1-3-5-7-9-11-13-15-17-19-21-23-25-27-29-33-37(39(41)42)35-31-32-36-38(40(43)44)34-30-28-26-24-22-20-18-16-14-12-10-8-6-4-2/h37-38H,3-36H2,1-2H3,(H,41,42)(H,43,44). The van der Waals surface area contributed by atoms with E-state index in [1.807, 2.05) is 0 Å². The molecule has 2 unspecified atom stereocenters. The van der Waals surface area contributed by atoms with Crippen LogP contribution in [0, 0.1) is 11.8 Å². The van der Waals surface area contributed by atoms with Crippen LogP contribution in [0.1, 0.15) is 232 Å². The summed E-state index contributed by atoms with van der Waals surface area (Å²) < 4.78 is 0. The van der Waals surface area contributed by atoms with Crippen molar-refractivity contribution in [2.45, 2.75) is 232 Å². The van der Waals surface area contributed by atoms with Crippen LogP contribution in [0.2, 0.25) is 0 Å². The van der Waals surface area contributed by atoms with Crippen LogP contribution in [0.15, 0.2) is 0 Å². The van der Waals surface area contributed by atoms with Gasteiger partial charge in [0.2, 0.25) is 0 Å². The van der Waals surface area contributed by atoms with Gasteiger partial charge in [0, 0.05) is 0 Å². The molecular weight excluding hydrogens is 544 g/mol. The van der Waals surface area contributed by atoms with Crippen LogP contribution in [-0.4, -0.2) is 22.2 Å². The molecule has 262 valence electrons. The van der Waals surface area contributed by atoms with Crippen LogP contribution in [0.4, 0.5) is 0 Å². The van der Waals surface area contributed by atoms with Gasteiger partial charge in [-0.3, -0.25) is 9.59 Å². The maximum atomic E-state index is 11.8. The Balaban J connectivity index is 3.71. The van der Waals surface area contributed by atoms with E-state index < -0.39 is 11.9 Å². The number of hydrogen-bond acceptors (Lipinski definition) is 2. The minimum atomic E-state index is -0.670. The molecule has 0 aliphatic heterocycles. The van der Waals surface area contributed by atoms with Crippen molar-refractivity contribution in [2.24, 2.45) is 11.8 Å². The van der Waals surface area contributed by atoms with Crippen molar-refractivity contribution in [1.82, 2.24) is 0 Å². The molecule has 0 aliphatic rings. The molecule has 0 amide bonds. The average Bonchev–Trinajstić information content (AvgIpc) is 3.00. The van der Waals surface area contributed by atoms with Crippen molar-refractivity contribution >= 4 is 11.9 Å². The van der Waals surface area contributed by atoms with E-state index in [2.05, 4.69) is 13.8 Å². The number of unbranched alkanes of at least 4 members (excludes halogenated alkanes) is 27. The average molecular weight is 623 g/mol. The first kappa shape index (κ1) is 42.9. The molecule has 0 heterocycles. The molecule has 0 aliphatic carbocycles. The van der Waals surface area contributed by atoms with Gasteiger partial charge in [0.25, 0.3) is 0 Å². The maximum Gasteiger partial charge on any atom is 0.306 e. The number of carboxylic acid groups (broad SMARTS) is 2. The summed E-state index contributed by atoms with van der Waals surface area (Å²) in [6.07, 6.45) is 41.4. The lowest BCUT2D eigenvalue weighted by molar-refractivity contribution is -0.143. The van der Waals surface area contributed by atoms with Crippen molar-refractivity contribution in [2.75, 3.05) is 0 Å². The van der Waals surface area contributed by atoms with Gasteiger partial charge in [0.1, 0.15) is 0 Å². The summed E-state index contributed by atoms with van der Waals surface area (Å²) in [5.41, 5.74) is 0. The Labute approximate surface area is 275 Å². The Kier molecular flexibility index (Phi) is 34.0. The van der Waals surface area contributed by atoms with Gasteiger partial charge in [-0.2, -0.15) is 0 Å². The summed E-state index contributed by atoms with van der Waals surface area (Å²) in [6.45, 7) is 4.54. The summed E-state index contributed by atoms with van der Waals surface area (Å²) >= 11 is 0. The highest BCUT2D eigenvalue weighted by atomic mass is 16.4. The van der Waals surface area contributed by atoms with Crippen LogP contribution in [0.25, 0.3) is 0 Å². The summed E-state index contributed by atoms with van der Waals surface area (Å²) in [7, 11) is 0. The molecule has 2 N–H and O–H groups in total. The van der Waals surface area contributed by atoms with Gasteiger partial charge in [0.05, 0.1) is 11.8 Å². The van der Waals surface area contributed by atoms with Crippen LogP contribution in [0.5, 0.6) is 0 Å². The van der Waals surface area contributed by atoms with Crippen molar-refractivity contribution in [3.8, 4) is 0 Å². The van der Waals surface area contributed by atoms with Crippen LogP contribution in [0.3, 0.4) is 0 Å². The minimum absolute atomic E-state index is 0.263. The number of hydrogen-bond donors (Lipinski definition) is 2. The van der Waals surface area contributed by atoms with E-state index in [4.69, 9.17) is 0 Å². The molecular formula is C40H78O4. The van der Waals surface area contributed by atoms with Gasteiger partial charge in [0.15, 0.2) is 0 Å². The van der Waals surface area contributed by atoms with Crippen molar-refractivity contribution in [3.05, 3.63) is 0 Å². The third-order valence-electron chi connectivity index (χ3n) is 9.87. The molecule has 0 fully saturated rings. The highest BCUT2D eigenvalue weighted by molar-refractivity contribution is 5.70. The summed E-state index contributed by atoms with van der Waals surface area (Å²) in [4.78, 5) is 23.5. The predicted molar refractivity (Wildman–Crippen MR) is 191 cm³/mol. The van der Waals surface area contributed by atoms with Gasteiger partial charge in [-0.05, 0) is 25.7 Å². The van der Waals surface area contributed by atoms with E-state index in [0.29, 0.717) is 12.8 Å². The number of carbonyl (C=O) groups is 2. The number of rotatable bonds is 37. The number of aliphatic carboxylic acids is 2. The smallest absolute Gasteiger partial charge is 0.306 e. The molecule has 0 saturated carbocycles. The van der Waals surface area contributed by atoms with Gasteiger partial charge in [-0.1, -0.05) is 206 Å². The summed E-state index contributed by atoms with van der Waals surface area (Å²) in [6, 6.07) is 0. The highest BCUT2D eigenvalue weighted by Crippen LogP contribution is 2.23. The zero-order valence-electron chi connectivity index (χ0n) is 29.9. The van der Waals surface area contributed by atoms with E-state index in [-0.39, 0.29) is 11.8 Å². The van der Waals surface area contributed by atoms with E-state index in [1.54, 1.807) is 0 Å². The van der Waals surface area contributed by atoms with Crippen LogP contribution in [-0.2, 0) is 9.59 Å². The molecule has 2 atom stereocenters. The molecule has 0 bridgehead atoms. The molecule has 0 radical (unpaired) electrons. The van der Waals surface area contributed by atoms with E-state index >= 15 is 0 Å². The predicted octanol–water partition coefficient (Wildman–Crippen LogP) is 13.7. The molecule has 0 aromatic rings. The van der Waals surface area contributed by atoms with E-state index in [1.165, 1.54) is 154 Å². The monoisotopic (exact) mass is 623 g/mol. The quantitative estimate of drug-likeness (QED) is 0.0676. The van der Waals surface area contributed by atoms with Crippen LogP contribution >= 0.6 is 0 Å². The topological polar surface area (TPSA) is 74.6 Å². The van der Waals surface area contributed by atoms with Crippen molar-refractivity contribution < 1.29 is 19.8 Å². The van der Waals surface area contributed by atoms with Gasteiger partial charge in [-0.15, -0.1) is 0 Å². The minimum Gasteiger partial charge on any atom is -0.481 e. The van der Waals surface area contributed by atoms with Gasteiger partial charge in [-0.25, -0.2) is 0 Å². The molecule has 0 aromatic heterocycles. The normalized spacial score (nSPS) is 12.9. The van der Waals surface area contributed by atoms with E-state index in [9.17, 15) is 19.8 Å². The fourth-order valence-electron chi connectivity index (χ4n) is 6.73. The molecule has 44 heavy (non-hydrogen) atoms. The Morgan fingerprint density at radius 1 is 0.318 bits per heavy atom. The molecule has 0 saturated heterocycles. The lowest BCUT2D eigenvalue weighted by Gasteiger charge is -2.14. The Morgan fingerprint density at radius 2 is 0.477 bits per heavy atom. The lowest BCUT2D eigenvalue weighted by Crippen LogP contribution is -2.15. The summed E-state index contributed by atoms with van der Waals surface area (Å²) in [5.74, 6) is -1.86. The maximum absolute atomic E-state index is 11.8. The molecule has 4 heteroatoms. The Hall–Kier alpha value is -1.06. The SMILES string of the molecule is CCCCCCCCCCCCCCCCC(CCCCC(CCCCCCCCCCCCCCCC)C(=O)O)C(=O)O.